The molecule has 2 aliphatic rings. The van der Waals surface area contributed by atoms with E-state index in [-0.39, 0.29) is 22.8 Å². The standard InChI is InChI=1S/C15H13ClFNO3/c16-10-6-9(3-4-11(10)17)18-14(19)12-7-1-2-8(5-7)13(12)15(20)21/h1-4,6-8,12-13H,5H2,(H,18,19)(H,20,21)/t7-,8+,12-,13-/m0/s1. The van der Waals surface area contributed by atoms with Gasteiger partial charge in [0, 0.05) is 5.69 Å². The molecular formula is C15H13ClFNO3. The van der Waals surface area contributed by atoms with Crippen molar-refractivity contribution in [1.29, 1.82) is 0 Å². The molecule has 0 aliphatic heterocycles. The fourth-order valence-corrected chi connectivity index (χ4v) is 3.50. The van der Waals surface area contributed by atoms with Crippen LogP contribution in [-0.2, 0) is 9.59 Å². The number of rotatable bonds is 3. The molecule has 1 aromatic rings. The maximum atomic E-state index is 13.1. The Morgan fingerprint density at radius 1 is 1.24 bits per heavy atom. The Bertz CT molecular complexity index is 646. The third kappa shape index (κ3) is 2.42. The van der Waals surface area contributed by atoms with Crippen molar-refractivity contribution < 1.29 is 19.1 Å². The van der Waals surface area contributed by atoms with Gasteiger partial charge in [-0.25, -0.2) is 4.39 Å². The lowest BCUT2D eigenvalue weighted by Crippen LogP contribution is -2.36. The number of amides is 1. The van der Waals surface area contributed by atoms with Gasteiger partial charge in [0.2, 0.25) is 5.91 Å². The van der Waals surface area contributed by atoms with Gasteiger partial charge in [0.05, 0.1) is 16.9 Å². The van der Waals surface area contributed by atoms with Gasteiger partial charge in [0.15, 0.2) is 0 Å². The van der Waals surface area contributed by atoms with Crippen molar-refractivity contribution in [3.8, 4) is 0 Å². The normalized spacial score (nSPS) is 29.6. The zero-order valence-electron chi connectivity index (χ0n) is 10.9. The van der Waals surface area contributed by atoms with E-state index in [1.807, 2.05) is 12.2 Å². The lowest BCUT2D eigenvalue weighted by atomic mass is 9.82. The molecule has 0 unspecified atom stereocenters. The fourth-order valence-electron chi connectivity index (χ4n) is 3.32. The lowest BCUT2D eigenvalue weighted by molar-refractivity contribution is -0.146. The molecule has 1 aromatic carbocycles. The highest BCUT2D eigenvalue weighted by molar-refractivity contribution is 6.31. The van der Waals surface area contributed by atoms with Crippen LogP contribution >= 0.6 is 11.6 Å². The van der Waals surface area contributed by atoms with Gasteiger partial charge in [0.25, 0.3) is 0 Å². The molecule has 4 nitrogen and oxygen atoms in total. The van der Waals surface area contributed by atoms with E-state index in [0.717, 1.165) is 6.07 Å². The SMILES string of the molecule is O=C(O)[C@@H]1[C@@H](C(=O)Nc2ccc(F)c(Cl)c2)[C@H]2C=C[C@@H]1C2. The zero-order valence-corrected chi connectivity index (χ0v) is 11.7. The van der Waals surface area contributed by atoms with E-state index in [1.54, 1.807) is 0 Å². The van der Waals surface area contributed by atoms with Crippen LogP contribution in [0, 0.1) is 29.5 Å². The van der Waals surface area contributed by atoms with Crippen molar-refractivity contribution in [1.82, 2.24) is 0 Å². The Balaban J connectivity index is 1.80. The molecule has 0 radical (unpaired) electrons. The van der Waals surface area contributed by atoms with Gasteiger partial charge in [-0.15, -0.1) is 0 Å². The van der Waals surface area contributed by atoms with E-state index in [9.17, 15) is 19.1 Å². The van der Waals surface area contributed by atoms with E-state index in [0.29, 0.717) is 12.1 Å². The number of carboxylic acids is 1. The highest BCUT2D eigenvalue weighted by atomic mass is 35.5. The molecule has 3 rings (SSSR count). The minimum Gasteiger partial charge on any atom is -0.481 e. The third-order valence-corrected chi connectivity index (χ3v) is 4.52. The Labute approximate surface area is 125 Å². The van der Waals surface area contributed by atoms with Crippen LogP contribution in [0.15, 0.2) is 30.4 Å². The highest BCUT2D eigenvalue weighted by Crippen LogP contribution is 2.48. The second-order valence-electron chi connectivity index (χ2n) is 5.46. The fraction of sp³-hybridized carbons (Fsp3) is 0.333. The second-order valence-corrected chi connectivity index (χ2v) is 5.86. The van der Waals surface area contributed by atoms with E-state index >= 15 is 0 Å². The molecular weight excluding hydrogens is 297 g/mol. The molecule has 2 N–H and O–H groups in total. The molecule has 1 fully saturated rings. The molecule has 0 aromatic heterocycles. The summed E-state index contributed by atoms with van der Waals surface area (Å²) in [6.07, 6.45) is 4.48. The van der Waals surface area contributed by atoms with E-state index < -0.39 is 23.6 Å². The van der Waals surface area contributed by atoms with Crippen LogP contribution in [-0.4, -0.2) is 17.0 Å². The average Bonchev–Trinajstić information content (AvgIpc) is 3.03. The van der Waals surface area contributed by atoms with Crippen LogP contribution in [0.2, 0.25) is 5.02 Å². The van der Waals surface area contributed by atoms with Gasteiger partial charge >= 0.3 is 5.97 Å². The van der Waals surface area contributed by atoms with Gasteiger partial charge in [-0.05, 0) is 36.5 Å². The first-order chi connectivity index (χ1) is 9.97. The second kappa shape index (κ2) is 5.15. The van der Waals surface area contributed by atoms with Gasteiger partial charge in [-0.1, -0.05) is 23.8 Å². The molecule has 0 spiro atoms. The number of nitrogens with one attached hydrogen (secondary N) is 1. The largest absolute Gasteiger partial charge is 0.481 e. The first-order valence-electron chi connectivity index (χ1n) is 6.64. The molecule has 1 amide bonds. The number of aliphatic carboxylic acids is 1. The summed E-state index contributed by atoms with van der Waals surface area (Å²) in [5, 5.41) is 11.9. The Kier molecular flexibility index (Phi) is 3.45. The number of fused-ring (bicyclic) bond motifs is 2. The molecule has 0 saturated heterocycles. The summed E-state index contributed by atoms with van der Waals surface area (Å²) in [4.78, 5) is 23.7. The van der Waals surface area contributed by atoms with Gasteiger partial charge in [0.1, 0.15) is 5.82 Å². The number of carboxylic acid groups (broad SMARTS) is 1. The number of halogens is 2. The number of benzene rings is 1. The number of carbonyl (C=O) groups is 2. The summed E-state index contributed by atoms with van der Waals surface area (Å²) in [7, 11) is 0. The highest BCUT2D eigenvalue weighted by Gasteiger charge is 2.51. The van der Waals surface area contributed by atoms with Crippen LogP contribution in [0.4, 0.5) is 10.1 Å². The predicted molar refractivity (Wildman–Crippen MR) is 75.4 cm³/mol. The molecule has 110 valence electrons. The van der Waals surface area contributed by atoms with Crippen molar-refractivity contribution in [2.24, 2.45) is 23.7 Å². The Morgan fingerprint density at radius 3 is 2.52 bits per heavy atom. The summed E-state index contributed by atoms with van der Waals surface area (Å²) < 4.78 is 13.1. The zero-order chi connectivity index (χ0) is 15.1. The van der Waals surface area contributed by atoms with Gasteiger partial charge < -0.3 is 10.4 Å². The first-order valence-corrected chi connectivity index (χ1v) is 7.02. The summed E-state index contributed by atoms with van der Waals surface area (Å²) in [6, 6.07) is 3.87. The van der Waals surface area contributed by atoms with Crippen LogP contribution < -0.4 is 5.32 Å². The first kappa shape index (κ1) is 14.1. The number of hydrogen-bond donors (Lipinski definition) is 2. The summed E-state index contributed by atoms with van der Waals surface area (Å²) in [5.74, 6) is -3.31. The minimum atomic E-state index is -0.955. The summed E-state index contributed by atoms with van der Waals surface area (Å²) >= 11 is 5.67. The number of carbonyl (C=O) groups excluding carboxylic acids is 1. The maximum Gasteiger partial charge on any atom is 0.307 e. The smallest absolute Gasteiger partial charge is 0.307 e. The molecule has 6 heteroatoms. The predicted octanol–water partition coefficient (Wildman–Crippen LogP) is 2.94. The van der Waals surface area contributed by atoms with Crippen molar-refractivity contribution >= 4 is 29.2 Å². The number of hydrogen-bond acceptors (Lipinski definition) is 2. The van der Waals surface area contributed by atoms with Crippen molar-refractivity contribution in [2.75, 3.05) is 5.32 Å². The van der Waals surface area contributed by atoms with Crippen LogP contribution in [0.3, 0.4) is 0 Å². The number of anilines is 1. The lowest BCUT2D eigenvalue weighted by Gasteiger charge is -2.23. The average molecular weight is 310 g/mol. The Hall–Kier alpha value is -1.88. The minimum absolute atomic E-state index is 0.0491. The summed E-state index contributed by atoms with van der Waals surface area (Å²) in [6.45, 7) is 0. The van der Waals surface area contributed by atoms with E-state index in [1.165, 1.54) is 12.1 Å². The van der Waals surface area contributed by atoms with Crippen LogP contribution in [0.25, 0.3) is 0 Å². The molecule has 0 heterocycles. The third-order valence-electron chi connectivity index (χ3n) is 4.23. The molecule has 2 bridgehead atoms. The number of allylic oxidation sites excluding steroid dienone is 2. The van der Waals surface area contributed by atoms with Crippen molar-refractivity contribution in [3.05, 3.63) is 41.2 Å². The van der Waals surface area contributed by atoms with Gasteiger partial charge in [-0.3, -0.25) is 9.59 Å². The quantitative estimate of drug-likeness (QED) is 0.844. The Morgan fingerprint density at radius 2 is 1.90 bits per heavy atom. The topological polar surface area (TPSA) is 66.4 Å². The summed E-state index contributed by atoms with van der Waals surface area (Å²) in [5.41, 5.74) is 0.363. The van der Waals surface area contributed by atoms with Crippen molar-refractivity contribution in [3.63, 3.8) is 0 Å². The molecule has 1 saturated carbocycles. The molecule has 2 aliphatic carbocycles. The van der Waals surface area contributed by atoms with E-state index in [2.05, 4.69) is 5.32 Å². The van der Waals surface area contributed by atoms with E-state index in [4.69, 9.17) is 11.6 Å². The molecule has 4 atom stereocenters. The van der Waals surface area contributed by atoms with Gasteiger partial charge in [-0.2, -0.15) is 0 Å². The van der Waals surface area contributed by atoms with Crippen LogP contribution in [0.1, 0.15) is 6.42 Å². The maximum absolute atomic E-state index is 13.1. The monoisotopic (exact) mass is 309 g/mol. The van der Waals surface area contributed by atoms with Crippen molar-refractivity contribution in [2.45, 2.75) is 6.42 Å². The molecule has 21 heavy (non-hydrogen) atoms. The van der Waals surface area contributed by atoms with Crippen LogP contribution in [0.5, 0.6) is 0 Å².